The van der Waals surface area contributed by atoms with Crippen molar-refractivity contribution in [2.75, 3.05) is 26.2 Å². The van der Waals surface area contributed by atoms with Crippen LogP contribution in [0.5, 0.6) is 0 Å². The molecule has 1 aromatic heterocycles. The summed E-state index contributed by atoms with van der Waals surface area (Å²) in [7, 11) is 0. The van der Waals surface area contributed by atoms with Crippen molar-refractivity contribution in [1.82, 2.24) is 20.0 Å². The first-order valence-electron chi connectivity index (χ1n) is 8.14. The van der Waals surface area contributed by atoms with Gasteiger partial charge < -0.3 is 15.0 Å². The lowest BCUT2D eigenvalue weighted by molar-refractivity contribution is -0.138. The number of hydrogen-bond acceptors (Lipinski definition) is 4. The molecule has 1 N–H and O–H groups in total. The fourth-order valence-electron chi connectivity index (χ4n) is 2.61. The highest BCUT2D eigenvalue weighted by Crippen LogP contribution is 2.11. The molecule has 3 unspecified atom stereocenters. The molecule has 1 amide bonds. The summed E-state index contributed by atoms with van der Waals surface area (Å²) in [5.41, 5.74) is 1.15. The number of aromatic nitrogens is 2. The van der Waals surface area contributed by atoms with Crippen molar-refractivity contribution in [2.24, 2.45) is 0 Å². The van der Waals surface area contributed by atoms with E-state index in [9.17, 15) is 4.79 Å². The molecule has 2 rings (SSSR count). The molecule has 6 nitrogen and oxygen atoms in total. The van der Waals surface area contributed by atoms with Gasteiger partial charge in [0.05, 0.1) is 31.5 Å². The van der Waals surface area contributed by atoms with E-state index in [-0.39, 0.29) is 24.1 Å². The van der Waals surface area contributed by atoms with Crippen molar-refractivity contribution in [3.8, 4) is 0 Å². The third kappa shape index (κ3) is 4.30. The fourth-order valence-corrected chi connectivity index (χ4v) is 2.61. The summed E-state index contributed by atoms with van der Waals surface area (Å²) >= 11 is 0. The van der Waals surface area contributed by atoms with Crippen molar-refractivity contribution < 1.29 is 9.53 Å². The molecule has 0 bridgehead atoms. The summed E-state index contributed by atoms with van der Waals surface area (Å²) in [5.74, 6) is 0.150. The number of nitrogens with one attached hydrogen (secondary N) is 1. The Balaban J connectivity index is 1.80. The van der Waals surface area contributed by atoms with Gasteiger partial charge in [0.2, 0.25) is 5.91 Å². The Morgan fingerprint density at radius 2 is 2.32 bits per heavy atom. The molecule has 0 aliphatic carbocycles. The standard InChI is InChI=1S/C16H28N4O2/c1-5-15-11-19(6-7-22-15)16(21)9-17-13(3)14(4)20-10-12(2)8-18-20/h8,10,13-15,17H,5-7,9,11H2,1-4H3. The number of amides is 1. The van der Waals surface area contributed by atoms with Crippen molar-refractivity contribution in [3.05, 3.63) is 18.0 Å². The zero-order chi connectivity index (χ0) is 16.1. The molecule has 0 radical (unpaired) electrons. The molecule has 3 atom stereocenters. The first-order valence-corrected chi connectivity index (χ1v) is 8.14. The average Bonchev–Trinajstić information content (AvgIpc) is 2.98. The first kappa shape index (κ1) is 17.0. The van der Waals surface area contributed by atoms with E-state index in [0.717, 1.165) is 12.0 Å². The van der Waals surface area contributed by atoms with Crippen LogP contribution in [0.25, 0.3) is 0 Å². The van der Waals surface area contributed by atoms with Gasteiger partial charge in [-0.25, -0.2) is 0 Å². The van der Waals surface area contributed by atoms with Gasteiger partial charge in [0, 0.05) is 25.3 Å². The zero-order valence-electron chi connectivity index (χ0n) is 14.1. The minimum Gasteiger partial charge on any atom is -0.375 e. The topological polar surface area (TPSA) is 59.4 Å². The maximum absolute atomic E-state index is 12.3. The van der Waals surface area contributed by atoms with Gasteiger partial charge in [-0.2, -0.15) is 5.10 Å². The van der Waals surface area contributed by atoms with E-state index in [4.69, 9.17) is 4.74 Å². The molecular weight excluding hydrogens is 280 g/mol. The van der Waals surface area contributed by atoms with E-state index in [0.29, 0.717) is 26.2 Å². The molecule has 0 saturated carbocycles. The second kappa shape index (κ2) is 7.74. The van der Waals surface area contributed by atoms with Crippen LogP contribution in [-0.4, -0.2) is 59.0 Å². The van der Waals surface area contributed by atoms with Crippen LogP contribution in [-0.2, 0) is 9.53 Å². The second-order valence-electron chi connectivity index (χ2n) is 6.15. The van der Waals surface area contributed by atoms with Gasteiger partial charge in [0.25, 0.3) is 0 Å². The highest BCUT2D eigenvalue weighted by atomic mass is 16.5. The van der Waals surface area contributed by atoms with E-state index in [1.165, 1.54) is 0 Å². The zero-order valence-corrected chi connectivity index (χ0v) is 14.1. The van der Waals surface area contributed by atoms with Crippen LogP contribution in [0.15, 0.2) is 12.4 Å². The van der Waals surface area contributed by atoms with Gasteiger partial charge in [-0.3, -0.25) is 9.48 Å². The molecule has 1 saturated heterocycles. The summed E-state index contributed by atoms with van der Waals surface area (Å²) in [6.07, 6.45) is 5.01. The van der Waals surface area contributed by atoms with E-state index in [2.05, 4.69) is 31.2 Å². The number of nitrogens with zero attached hydrogens (tertiary/aromatic N) is 3. The van der Waals surface area contributed by atoms with Gasteiger partial charge in [-0.1, -0.05) is 6.92 Å². The Morgan fingerprint density at radius 3 is 2.95 bits per heavy atom. The van der Waals surface area contributed by atoms with E-state index in [1.807, 2.05) is 28.9 Å². The number of aryl methyl sites for hydroxylation is 1. The molecule has 124 valence electrons. The van der Waals surface area contributed by atoms with Gasteiger partial charge in [0.15, 0.2) is 0 Å². The van der Waals surface area contributed by atoms with E-state index >= 15 is 0 Å². The first-order chi connectivity index (χ1) is 10.5. The number of hydrogen-bond donors (Lipinski definition) is 1. The van der Waals surface area contributed by atoms with E-state index < -0.39 is 0 Å². The number of morpholine rings is 1. The third-order valence-corrected chi connectivity index (χ3v) is 4.39. The lowest BCUT2D eigenvalue weighted by atomic mass is 10.1. The third-order valence-electron chi connectivity index (χ3n) is 4.39. The molecule has 1 fully saturated rings. The van der Waals surface area contributed by atoms with Gasteiger partial charge in [-0.05, 0) is 32.8 Å². The number of carbonyl (C=O) groups is 1. The van der Waals surface area contributed by atoms with Gasteiger partial charge in [-0.15, -0.1) is 0 Å². The van der Waals surface area contributed by atoms with Crippen LogP contribution in [0.4, 0.5) is 0 Å². The molecular formula is C16H28N4O2. The van der Waals surface area contributed by atoms with Crippen LogP contribution < -0.4 is 5.32 Å². The van der Waals surface area contributed by atoms with Crippen LogP contribution in [0.3, 0.4) is 0 Å². The predicted octanol–water partition coefficient (Wildman–Crippen LogP) is 1.37. The van der Waals surface area contributed by atoms with Crippen molar-refractivity contribution in [2.45, 2.75) is 52.3 Å². The average molecular weight is 308 g/mol. The Bertz CT molecular complexity index is 488. The maximum atomic E-state index is 12.3. The van der Waals surface area contributed by atoms with Crippen molar-refractivity contribution in [1.29, 1.82) is 0 Å². The highest BCUT2D eigenvalue weighted by Gasteiger charge is 2.23. The molecule has 0 aromatic carbocycles. The smallest absolute Gasteiger partial charge is 0.236 e. The summed E-state index contributed by atoms with van der Waals surface area (Å²) < 4.78 is 7.55. The molecule has 0 spiro atoms. The second-order valence-corrected chi connectivity index (χ2v) is 6.15. The Kier molecular flexibility index (Phi) is 5.97. The summed E-state index contributed by atoms with van der Waals surface area (Å²) in [6, 6.07) is 0.376. The lowest BCUT2D eigenvalue weighted by Gasteiger charge is -2.33. The highest BCUT2D eigenvalue weighted by molar-refractivity contribution is 5.78. The van der Waals surface area contributed by atoms with Crippen LogP contribution in [0.1, 0.15) is 38.8 Å². The van der Waals surface area contributed by atoms with Gasteiger partial charge >= 0.3 is 0 Å². The Labute approximate surface area is 132 Å². The Hall–Kier alpha value is -1.40. The predicted molar refractivity (Wildman–Crippen MR) is 85.8 cm³/mol. The van der Waals surface area contributed by atoms with E-state index in [1.54, 1.807) is 0 Å². The molecule has 1 aromatic rings. The minimum absolute atomic E-state index is 0.150. The monoisotopic (exact) mass is 308 g/mol. The van der Waals surface area contributed by atoms with Crippen LogP contribution in [0, 0.1) is 6.92 Å². The lowest BCUT2D eigenvalue weighted by Crippen LogP contribution is -2.49. The summed E-state index contributed by atoms with van der Waals surface area (Å²) in [4.78, 5) is 14.2. The minimum atomic E-state index is 0.150. The largest absolute Gasteiger partial charge is 0.375 e. The quantitative estimate of drug-likeness (QED) is 0.862. The molecule has 22 heavy (non-hydrogen) atoms. The number of carbonyl (C=O) groups excluding carboxylic acids is 1. The van der Waals surface area contributed by atoms with Crippen LogP contribution in [0.2, 0.25) is 0 Å². The maximum Gasteiger partial charge on any atom is 0.236 e. The van der Waals surface area contributed by atoms with Gasteiger partial charge in [0.1, 0.15) is 0 Å². The van der Waals surface area contributed by atoms with Crippen LogP contribution >= 0.6 is 0 Å². The fraction of sp³-hybridized carbons (Fsp3) is 0.750. The molecule has 2 heterocycles. The number of ether oxygens (including phenoxy) is 1. The number of rotatable bonds is 6. The molecule has 1 aliphatic heterocycles. The Morgan fingerprint density at radius 1 is 1.55 bits per heavy atom. The van der Waals surface area contributed by atoms with Crippen molar-refractivity contribution >= 4 is 5.91 Å². The summed E-state index contributed by atoms with van der Waals surface area (Å²) in [5, 5.41) is 7.67. The van der Waals surface area contributed by atoms with Crippen molar-refractivity contribution in [3.63, 3.8) is 0 Å². The normalized spacial score (nSPS) is 21.6. The molecule has 6 heteroatoms. The molecule has 1 aliphatic rings. The SMILES string of the molecule is CCC1CN(C(=O)CNC(C)C(C)n2cc(C)cn2)CCO1. The summed E-state index contributed by atoms with van der Waals surface area (Å²) in [6.45, 7) is 10.7.